The number of anilines is 1. The molecule has 2 fully saturated rings. The smallest absolute Gasteiger partial charge is 0.228 e. The first-order chi connectivity index (χ1) is 16.9. The van der Waals surface area contributed by atoms with Gasteiger partial charge in [-0.15, -0.1) is 0 Å². The molecule has 1 aliphatic carbocycles. The normalized spacial score (nSPS) is 20.5. The molecule has 1 aromatic carbocycles. The minimum absolute atomic E-state index is 0.0566. The van der Waals surface area contributed by atoms with Gasteiger partial charge in [0.25, 0.3) is 0 Å². The predicted molar refractivity (Wildman–Crippen MR) is 131 cm³/mol. The van der Waals surface area contributed by atoms with E-state index in [0.29, 0.717) is 52.5 Å². The van der Waals surface area contributed by atoms with E-state index in [0.717, 1.165) is 17.0 Å². The number of aromatic nitrogens is 6. The first-order valence-electron chi connectivity index (χ1n) is 11.8. The van der Waals surface area contributed by atoms with Gasteiger partial charge in [0.2, 0.25) is 5.95 Å². The van der Waals surface area contributed by atoms with E-state index in [9.17, 15) is 4.39 Å². The first kappa shape index (κ1) is 22.3. The summed E-state index contributed by atoms with van der Waals surface area (Å²) in [6.45, 7) is 6.93. The van der Waals surface area contributed by atoms with Crippen LogP contribution in [0.4, 0.5) is 10.3 Å². The van der Waals surface area contributed by atoms with E-state index < -0.39 is 5.82 Å². The lowest BCUT2D eigenvalue weighted by molar-refractivity contribution is -0.0178. The molecule has 4 aromatic rings. The lowest BCUT2D eigenvalue weighted by Gasteiger charge is -2.36. The van der Waals surface area contributed by atoms with Gasteiger partial charge in [-0.25, -0.2) is 19.3 Å². The fourth-order valence-electron chi connectivity index (χ4n) is 4.47. The number of halogens is 2. The van der Waals surface area contributed by atoms with Crippen LogP contribution < -0.4 is 4.90 Å². The van der Waals surface area contributed by atoms with E-state index in [2.05, 4.69) is 26.2 Å². The van der Waals surface area contributed by atoms with Gasteiger partial charge in [-0.1, -0.05) is 11.6 Å². The molecule has 8 nitrogen and oxygen atoms in total. The maximum Gasteiger partial charge on any atom is 0.228 e. The van der Waals surface area contributed by atoms with Gasteiger partial charge in [-0.3, -0.25) is 4.68 Å². The molecule has 3 aromatic heterocycles. The van der Waals surface area contributed by atoms with Crippen LogP contribution in [0.1, 0.15) is 48.9 Å². The molecule has 2 aliphatic rings. The van der Waals surface area contributed by atoms with Crippen molar-refractivity contribution in [3.05, 3.63) is 58.4 Å². The zero-order chi connectivity index (χ0) is 24.3. The molecule has 0 bridgehead atoms. The van der Waals surface area contributed by atoms with Crippen LogP contribution >= 0.6 is 11.6 Å². The quantitative estimate of drug-likeness (QED) is 0.396. The van der Waals surface area contributed by atoms with Gasteiger partial charge in [-0.05, 0) is 51.8 Å². The zero-order valence-corrected chi connectivity index (χ0v) is 20.5. The first-order valence-corrected chi connectivity index (χ1v) is 12.2. The van der Waals surface area contributed by atoms with E-state index >= 15 is 0 Å². The average molecular weight is 494 g/mol. The van der Waals surface area contributed by atoms with Crippen LogP contribution in [0.5, 0.6) is 0 Å². The summed E-state index contributed by atoms with van der Waals surface area (Å²) in [5.41, 5.74) is 4.14. The van der Waals surface area contributed by atoms with E-state index in [-0.39, 0.29) is 12.2 Å². The summed E-state index contributed by atoms with van der Waals surface area (Å²) < 4.78 is 23.3. The van der Waals surface area contributed by atoms with Gasteiger partial charge >= 0.3 is 0 Å². The lowest BCUT2D eigenvalue weighted by atomic mass is 10.1. The Hall–Kier alpha value is -3.17. The predicted octanol–water partition coefficient (Wildman–Crippen LogP) is 4.99. The van der Waals surface area contributed by atoms with E-state index in [1.54, 1.807) is 12.1 Å². The summed E-state index contributed by atoms with van der Waals surface area (Å²) in [5, 5.41) is 4.84. The molecule has 1 saturated carbocycles. The van der Waals surface area contributed by atoms with Crippen LogP contribution in [0.2, 0.25) is 5.02 Å². The maximum absolute atomic E-state index is 15.0. The number of rotatable bonds is 4. The molecule has 0 N–H and O–H groups in total. The molecule has 0 radical (unpaired) electrons. The molecule has 1 saturated heterocycles. The van der Waals surface area contributed by atoms with Crippen LogP contribution in [-0.2, 0) is 4.74 Å². The minimum atomic E-state index is -0.468. The Kier molecular flexibility index (Phi) is 5.41. The molecule has 2 atom stereocenters. The van der Waals surface area contributed by atoms with E-state index in [4.69, 9.17) is 26.3 Å². The second-order valence-electron chi connectivity index (χ2n) is 9.39. The fraction of sp³-hybridized carbons (Fsp3) is 0.400. The van der Waals surface area contributed by atoms with Crippen molar-refractivity contribution in [2.45, 2.75) is 51.9 Å². The molecule has 35 heavy (non-hydrogen) atoms. The molecule has 1 aliphatic heterocycles. The van der Waals surface area contributed by atoms with Gasteiger partial charge in [0, 0.05) is 28.9 Å². The highest BCUT2D eigenvalue weighted by Gasteiger charge is 2.32. The van der Waals surface area contributed by atoms with Crippen molar-refractivity contribution in [1.29, 1.82) is 0 Å². The fourth-order valence-corrected chi connectivity index (χ4v) is 4.63. The van der Waals surface area contributed by atoms with Crippen LogP contribution in [-0.4, -0.2) is 48.9 Å². The summed E-state index contributed by atoms with van der Waals surface area (Å²) in [6, 6.07) is 5.05. The monoisotopic (exact) mass is 493 g/mol. The highest BCUT2D eigenvalue weighted by atomic mass is 35.5. The number of fused-ring (bicyclic) bond motifs is 1. The van der Waals surface area contributed by atoms with Crippen molar-refractivity contribution in [2.75, 3.05) is 18.0 Å². The van der Waals surface area contributed by atoms with Crippen molar-refractivity contribution in [3.63, 3.8) is 0 Å². The number of nitrogens with zero attached hydrogens (tertiary/aromatic N) is 7. The maximum atomic E-state index is 15.0. The summed E-state index contributed by atoms with van der Waals surface area (Å²) in [6.07, 6.45) is 6.07. The van der Waals surface area contributed by atoms with Gasteiger partial charge in [-0.2, -0.15) is 10.1 Å². The highest BCUT2D eigenvalue weighted by Crippen LogP contribution is 2.36. The Bertz CT molecular complexity index is 1440. The van der Waals surface area contributed by atoms with Crippen LogP contribution in [0.3, 0.4) is 0 Å². The SMILES string of the molecule is Cc1nc2nc(N3C[C@@H](c4cnn(C5CC5)c4)O[C@@H](C)C3)nc(-c3ccc(Cl)cc3F)c2nc1C. The Morgan fingerprint density at radius 2 is 1.86 bits per heavy atom. The Balaban J connectivity index is 1.43. The van der Waals surface area contributed by atoms with Crippen molar-refractivity contribution in [2.24, 2.45) is 0 Å². The molecule has 0 spiro atoms. The van der Waals surface area contributed by atoms with E-state index in [1.807, 2.05) is 31.6 Å². The van der Waals surface area contributed by atoms with Crippen LogP contribution in [0.15, 0.2) is 30.6 Å². The lowest BCUT2D eigenvalue weighted by Crippen LogP contribution is -2.43. The Labute approximate surface area is 207 Å². The second-order valence-corrected chi connectivity index (χ2v) is 9.82. The summed E-state index contributed by atoms with van der Waals surface area (Å²) >= 11 is 6.01. The topological polar surface area (TPSA) is 81.9 Å². The number of benzene rings is 1. The summed E-state index contributed by atoms with van der Waals surface area (Å²) in [4.78, 5) is 21.0. The average Bonchev–Trinajstić information content (AvgIpc) is 3.55. The molecule has 180 valence electrons. The number of aryl methyl sites for hydroxylation is 2. The summed E-state index contributed by atoms with van der Waals surface area (Å²) in [7, 11) is 0. The van der Waals surface area contributed by atoms with Crippen molar-refractivity contribution in [3.8, 4) is 11.3 Å². The molecular weight excluding hydrogens is 469 g/mol. The Morgan fingerprint density at radius 1 is 1.06 bits per heavy atom. The molecule has 10 heteroatoms. The third-order valence-corrected chi connectivity index (χ3v) is 6.81. The molecular formula is C25H25ClFN7O. The van der Waals surface area contributed by atoms with Crippen LogP contribution in [0, 0.1) is 19.7 Å². The van der Waals surface area contributed by atoms with Crippen molar-refractivity contribution in [1.82, 2.24) is 29.7 Å². The summed E-state index contributed by atoms with van der Waals surface area (Å²) in [5.74, 6) is -0.00155. The molecule has 0 amide bonds. The van der Waals surface area contributed by atoms with Crippen molar-refractivity contribution < 1.29 is 9.13 Å². The molecule has 6 rings (SSSR count). The van der Waals surface area contributed by atoms with E-state index in [1.165, 1.54) is 18.9 Å². The molecule has 4 heterocycles. The second kappa shape index (κ2) is 8.49. The number of ether oxygens (including phenoxy) is 1. The standard InChI is InChI=1S/C25H25ClFN7O/c1-13-10-33(12-21(35-13)16-9-28-34(11-16)18-5-6-18)25-31-22(19-7-4-17(26)8-20(19)27)23-24(32-25)30-15(3)14(2)29-23/h4,7-9,11,13,18,21H,5-6,10,12H2,1-3H3/t13-,21-/m0/s1. The third kappa shape index (κ3) is 4.23. The van der Waals surface area contributed by atoms with Gasteiger partial charge in [0.1, 0.15) is 23.1 Å². The largest absolute Gasteiger partial charge is 0.367 e. The van der Waals surface area contributed by atoms with Crippen molar-refractivity contribution >= 4 is 28.7 Å². The third-order valence-electron chi connectivity index (χ3n) is 6.57. The Morgan fingerprint density at radius 3 is 2.63 bits per heavy atom. The highest BCUT2D eigenvalue weighted by molar-refractivity contribution is 6.30. The zero-order valence-electron chi connectivity index (χ0n) is 19.7. The van der Waals surface area contributed by atoms with Gasteiger partial charge < -0.3 is 9.64 Å². The molecule has 0 unspecified atom stereocenters. The minimum Gasteiger partial charge on any atom is -0.367 e. The number of hydrogen-bond acceptors (Lipinski definition) is 7. The number of morpholine rings is 1. The van der Waals surface area contributed by atoms with Gasteiger partial charge in [0.05, 0.1) is 36.3 Å². The number of hydrogen-bond donors (Lipinski definition) is 0. The van der Waals surface area contributed by atoms with Gasteiger partial charge in [0.15, 0.2) is 5.65 Å². The van der Waals surface area contributed by atoms with Crippen LogP contribution in [0.25, 0.3) is 22.4 Å².